The largest absolute Gasteiger partial charge is 0.491 e. The van der Waals surface area contributed by atoms with Crippen LogP contribution in [0, 0.1) is 5.92 Å². The molecule has 3 heteroatoms. The highest BCUT2D eigenvalue weighted by Gasteiger charge is 2.17. The molecule has 2 N–H and O–H groups in total. The van der Waals surface area contributed by atoms with E-state index >= 15 is 0 Å². The van der Waals surface area contributed by atoms with Crippen LogP contribution in [0.3, 0.4) is 0 Å². The molecule has 0 fully saturated rings. The minimum atomic E-state index is 0.194. The van der Waals surface area contributed by atoms with Crippen molar-refractivity contribution in [3.05, 3.63) is 29.8 Å². The summed E-state index contributed by atoms with van der Waals surface area (Å²) in [5.41, 5.74) is 7.22. The lowest BCUT2D eigenvalue weighted by Gasteiger charge is -2.29. The van der Waals surface area contributed by atoms with Crippen LogP contribution in [0.5, 0.6) is 5.75 Å². The first-order valence-corrected chi connectivity index (χ1v) is 7.64. The molecule has 0 aliphatic rings. The molecule has 0 radical (unpaired) electrons. The van der Waals surface area contributed by atoms with Crippen molar-refractivity contribution in [1.82, 2.24) is 4.90 Å². The Labute approximate surface area is 124 Å². The van der Waals surface area contributed by atoms with Gasteiger partial charge >= 0.3 is 0 Å². The predicted molar refractivity (Wildman–Crippen MR) is 86.1 cm³/mol. The zero-order valence-electron chi connectivity index (χ0n) is 13.6. The highest BCUT2D eigenvalue weighted by Crippen LogP contribution is 2.24. The number of likely N-dealkylation sites (N-methyl/N-ethyl adjacent to an activating group) is 1. The number of nitrogens with two attached hydrogens (primary N) is 1. The summed E-state index contributed by atoms with van der Waals surface area (Å²) < 4.78 is 5.77. The van der Waals surface area contributed by atoms with Gasteiger partial charge < -0.3 is 10.5 Å². The molecule has 0 amide bonds. The Morgan fingerprint density at radius 1 is 1.25 bits per heavy atom. The molecule has 1 aromatic rings. The zero-order valence-corrected chi connectivity index (χ0v) is 13.6. The van der Waals surface area contributed by atoms with Gasteiger partial charge in [-0.1, -0.05) is 32.4 Å². The van der Waals surface area contributed by atoms with Crippen LogP contribution in [0.25, 0.3) is 0 Å². The topological polar surface area (TPSA) is 38.5 Å². The zero-order chi connectivity index (χ0) is 15.1. The second-order valence-electron chi connectivity index (χ2n) is 5.94. The standard InChI is InChI=1S/C17H30N2O/c1-6-14(4)12-19(5)17(11-18)15-8-7-9-16(10-15)20-13(2)3/h7-10,13-14,17H,6,11-12,18H2,1-5H3. The first-order chi connectivity index (χ1) is 9.47. The summed E-state index contributed by atoms with van der Waals surface area (Å²) >= 11 is 0. The maximum absolute atomic E-state index is 5.99. The fraction of sp³-hybridized carbons (Fsp3) is 0.647. The van der Waals surface area contributed by atoms with Gasteiger partial charge in [0.05, 0.1) is 6.10 Å². The fourth-order valence-corrected chi connectivity index (χ4v) is 2.39. The van der Waals surface area contributed by atoms with Crippen molar-refractivity contribution < 1.29 is 4.74 Å². The lowest BCUT2D eigenvalue weighted by atomic mass is 10.0. The fourth-order valence-electron chi connectivity index (χ4n) is 2.39. The van der Waals surface area contributed by atoms with Gasteiger partial charge in [0.1, 0.15) is 5.75 Å². The number of hydrogen-bond donors (Lipinski definition) is 1. The molecule has 0 spiro atoms. The highest BCUT2D eigenvalue weighted by molar-refractivity contribution is 5.31. The molecule has 1 rings (SSSR count). The SMILES string of the molecule is CCC(C)CN(C)C(CN)c1cccc(OC(C)C)c1. The van der Waals surface area contributed by atoms with Crippen molar-refractivity contribution in [2.75, 3.05) is 20.1 Å². The van der Waals surface area contributed by atoms with Crippen LogP contribution in [0.2, 0.25) is 0 Å². The number of rotatable bonds is 8. The molecule has 114 valence electrons. The molecule has 2 unspecified atom stereocenters. The van der Waals surface area contributed by atoms with Gasteiger partial charge in [-0.15, -0.1) is 0 Å². The van der Waals surface area contributed by atoms with Crippen LogP contribution < -0.4 is 10.5 Å². The summed E-state index contributed by atoms with van der Waals surface area (Å²) in [4.78, 5) is 2.35. The number of nitrogens with zero attached hydrogens (tertiary/aromatic N) is 1. The molecule has 0 bridgehead atoms. The second kappa shape index (κ2) is 8.28. The Balaban J connectivity index is 2.83. The van der Waals surface area contributed by atoms with E-state index in [2.05, 4.69) is 37.9 Å². The van der Waals surface area contributed by atoms with E-state index in [1.54, 1.807) is 0 Å². The molecule has 0 heterocycles. The highest BCUT2D eigenvalue weighted by atomic mass is 16.5. The summed E-state index contributed by atoms with van der Waals surface area (Å²) in [6, 6.07) is 8.56. The molecule has 0 saturated heterocycles. The van der Waals surface area contributed by atoms with Crippen LogP contribution in [0.1, 0.15) is 45.7 Å². The maximum Gasteiger partial charge on any atom is 0.120 e. The maximum atomic E-state index is 5.99. The quantitative estimate of drug-likeness (QED) is 0.791. The number of benzene rings is 1. The van der Waals surface area contributed by atoms with Gasteiger partial charge in [0, 0.05) is 19.1 Å². The Bertz CT molecular complexity index is 392. The lowest BCUT2D eigenvalue weighted by Crippen LogP contribution is -2.33. The van der Waals surface area contributed by atoms with E-state index in [4.69, 9.17) is 10.5 Å². The molecule has 0 aromatic heterocycles. The monoisotopic (exact) mass is 278 g/mol. The minimum Gasteiger partial charge on any atom is -0.491 e. The lowest BCUT2D eigenvalue weighted by molar-refractivity contribution is 0.213. The van der Waals surface area contributed by atoms with Gasteiger partial charge in [-0.05, 0) is 44.5 Å². The van der Waals surface area contributed by atoms with Gasteiger partial charge in [0.15, 0.2) is 0 Å². The third-order valence-electron chi connectivity index (χ3n) is 3.67. The van der Waals surface area contributed by atoms with E-state index in [0.29, 0.717) is 12.5 Å². The van der Waals surface area contributed by atoms with Crippen LogP contribution in [-0.4, -0.2) is 31.1 Å². The third-order valence-corrected chi connectivity index (χ3v) is 3.67. The molecular weight excluding hydrogens is 248 g/mol. The van der Waals surface area contributed by atoms with Crippen molar-refractivity contribution in [3.63, 3.8) is 0 Å². The number of hydrogen-bond acceptors (Lipinski definition) is 3. The Kier molecular flexibility index (Phi) is 7.03. The summed E-state index contributed by atoms with van der Waals surface area (Å²) in [5.74, 6) is 1.61. The van der Waals surface area contributed by atoms with E-state index in [1.807, 2.05) is 26.0 Å². The summed E-state index contributed by atoms with van der Waals surface area (Å²) in [6.07, 6.45) is 1.39. The average molecular weight is 278 g/mol. The Hall–Kier alpha value is -1.06. The van der Waals surface area contributed by atoms with E-state index in [-0.39, 0.29) is 12.1 Å². The van der Waals surface area contributed by atoms with Gasteiger partial charge in [0.25, 0.3) is 0 Å². The number of ether oxygens (including phenoxy) is 1. The molecular formula is C17H30N2O. The smallest absolute Gasteiger partial charge is 0.120 e. The Morgan fingerprint density at radius 2 is 1.95 bits per heavy atom. The normalized spacial score (nSPS) is 14.6. The average Bonchev–Trinajstić information content (AvgIpc) is 2.39. The van der Waals surface area contributed by atoms with Crippen LogP contribution in [0.4, 0.5) is 0 Å². The van der Waals surface area contributed by atoms with E-state index in [9.17, 15) is 0 Å². The third kappa shape index (κ3) is 5.14. The van der Waals surface area contributed by atoms with Gasteiger partial charge in [-0.25, -0.2) is 0 Å². The van der Waals surface area contributed by atoms with Crippen LogP contribution >= 0.6 is 0 Å². The molecule has 2 atom stereocenters. The van der Waals surface area contributed by atoms with Crippen LogP contribution in [-0.2, 0) is 0 Å². The molecule has 0 aliphatic carbocycles. The first-order valence-electron chi connectivity index (χ1n) is 7.64. The van der Waals surface area contributed by atoms with E-state index in [1.165, 1.54) is 12.0 Å². The van der Waals surface area contributed by atoms with Gasteiger partial charge in [-0.3, -0.25) is 4.90 Å². The van der Waals surface area contributed by atoms with E-state index < -0.39 is 0 Å². The summed E-state index contributed by atoms with van der Waals surface area (Å²) in [7, 11) is 2.15. The van der Waals surface area contributed by atoms with Crippen molar-refractivity contribution >= 4 is 0 Å². The molecule has 1 aromatic carbocycles. The molecule has 0 aliphatic heterocycles. The minimum absolute atomic E-state index is 0.194. The van der Waals surface area contributed by atoms with Crippen molar-refractivity contribution in [2.45, 2.75) is 46.3 Å². The van der Waals surface area contributed by atoms with Gasteiger partial charge in [-0.2, -0.15) is 0 Å². The van der Waals surface area contributed by atoms with Gasteiger partial charge in [0.2, 0.25) is 0 Å². The van der Waals surface area contributed by atoms with Crippen molar-refractivity contribution in [1.29, 1.82) is 0 Å². The first kappa shape index (κ1) is 17.0. The molecule has 20 heavy (non-hydrogen) atoms. The molecule has 0 saturated carbocycles. The van der Waals surface area contributed by atoms with Crippen molar-refractivity contribution in [3.8, 4) is 5.75 Å². The predicted octanol–water partition coefficient (Wildman–Crippen LogP) is 3.45. The summed E-state index contributed by atoms with van der Waals surface area (Å²) in [6.45, 7) is 10.3. The second-order valence-corrected chi connectivity index (χ2v) is 5.94. The van der Waals surface area contributed by atoms with E-state index in [0.717, 1.165) is 12.3 Å². The summed E-state index contributed by atoms with van der Waals surface area (Å²) in [5, 5.41) is 0. The molecule has 3 nitrogen and oxygen atoms in total. The van der Waals surface area contributed by atoms with Crippen molar-refractivity contribution in [2.24, 2.45) is 11.7 Å². The Morgan fingerprint density at radius 3 is 2.50 bits per heavy atom. The van der Waals surface area contributed by atoms with Crippen LogP contribution in [0.15, 0.2) is 24.3 Å².